The zero-order valence-electron chi connectivity index (χ0n) is 45.1. The fourth-order valence-electron chi connectivity index (χ4n) is 9.17. The molecule has 0 aromatic rings. The van der Waals surface area contributed by atoms with Crippen molar-refractivity contribution in [1.29, 1.82) is 0 Å². The Kier molecular flexibility index (Phi) is 32.0. The minimum Gasteiger partial charge on any atom is -0.392 e. The molecule has 1 fully saturated rings. The molecular weight excluding hydrogens is 793 g/mol. The molecule has 1 aliphatic rings. The average molecular weight is 897 g/mol. The summed E-state index contributed by atoms with van der Waals surface area (Å²) in [7, 11) is 0. The highest BCUT2D eigenvalue weighted by Crippen LogP contribution is 2.37. The van der Waals surface area contributed by atoms with Crippen molar-refractivity contribution in [2.45, 2.75) is 255 Å². The summed E-state index contributed by atoms with van der Waals surface area (Å²) in [5.41, 5.74) is 14.2. The van der Waals surface area contributed by atoms with Gasteiger partial charge in [-0.1, -0.05) is 116 Å². The second-order valence-corrected chi connectivity index (χ2v) is 21.6. The molecule has 1 radical (unpaired) electrons. The van der Waals surface area contributed by atoms with Crippen molar-refractivity contribution >= 4 is 0 Å². The number of nitrogens with zero attached hydrogens (tertiary/aromatic N) is 1. The highest BCUT2D eigenvalue weighted by molar-refractivity contribution is 5.11. The first-order valence-corrected chi connectivity index (χ1v) is 26.1. The number of piperidine rings is 1. The lowest BCUT2D eigenvalue weighted by atomic mass is 9.79. The third-order valence-corrected chi connectivity index (χ3v) is 13.5. The Hall–Kier alpha value is -2.76. The zero-order valence-corrected chi connectivity index (χ0v) is 45.1. The van der Waals surface area contributed by atoms with Crippen molar-refractivity contribution < 1.29 is 10.3 Å². The number of aliphatic hydroxyl groups is 1. The van der Waals surface area contributed by atoms with E-state index in [4.69, 9.17) is 5.11 Å². The van der Waals surface area contributed by atoms with Crippen LogP contribution in [0.5, 0.6) is 0 Å². The smallest absolute Gasteiger partial charge is 0.0614 e. The number of hydrogen-bond acceptors (Lipinski definition) is 3. The van der Waals surface area contributed by atoms with Gasteiger partial charge < -0.3 is 10.4 Å². The fourth-order valence-corrected chi connectivity index (χ4v) is 9.17. The molecule has 2 N–H and O–H groups in total. The molecule has 4 nitrogen and oxygen atoms in total. The Labute approximate surface area is 404 Å². The molecule has 0 aromatic carbocycles. The third kappa shape index (κ3) is 31.0. The number of hydroxylamine groups is 2. The van der Waals surface area contributed by atoms with Crippen LogP contribution in [0.3, 0.4) is 0 Å². The Morgan fingerprint density at radius 1 is 0.415 bits per heavy atom. The van der Waals surface area contributed by atoms with Crippen molar-refractivity contribution in [2.75, 3.05) is 13.2 Å². The molecule has 65 heavy (non-hydrogen) atoms. The standard InChI is InChI=1S/C61H103N2O2/c1-49(25-15-26-50(2)28-17-30-52(4)32-19-34-54(6)36-21-38-56(8)40-23-42-58(10)44-46-64)27-16-29-51(3)31-18-33-53(5)35-20-37-55(7)39-22-41-57(9)43-24-45-62-59-47-60(11,12)63(65)61(13,14)48-59/h25,28-29,32-33,36-37,40-41,44,59,62,64H,15-24,26-27,30-31,34-35,38-39,42-43,45-48H2,1-14H3/b49-25-,50-28-,51-29-,52-32-,53-33+,54-36-,55-37+,56-40-,57-41+,58-44-. The van der Waals surface area contributed by atoms with Gasteiger partial charge in [0.2, 0.25) is 0 Å². The number of hydrogen-bond donors (Lipinski definition) is 2. The van der Waals surface area contributed by atoms with Gasteiger partial charge in [-0.25, -0.2) is 0 Å². The van der Waals surface area contributed by atoms with E-state index in [1.54, 1.807) is 0 Å². The summed E-state index contributed by atoms with van der Waals surface area (Å²) in [4.78, 5) is 0. The SMILES string of the molecule is C/C(=C/CO)CC/C=C(/C)CC/C=C(/C)CC/C=C(/C)CC/C=C(/C)CC/C=C(/C)CC/C=C(/C)CC/C=C(\C)CC/C=C(\C)CC/C=C(\C)CCCNC1CC(C)(C)N([O])C(C)(C)C1. The van der Waals surface area contributed by atoms with Gasteiger partial charge in [0.1, 0.15) is 0 Å². The molecule has 0 saturated carbocycles. The van der Waals surface area contributed by atoms with E-state index in [-0.39, 0.29) is 17.7 Å². The van der Waals surface area contributed by atoms with Crippen LogP contribution in [0, 0.1) is 0 Å². The van der Waals surface area contributed by atoms with Crippen LogP contribution in [0.2, 0.25) is 0 Å². The second-order valence-electron chi connectivity index (χ2n) is 21.6. The van der Waals surface area contributed by atoms with Crippen LogP contribution in [0.1, 0.15) is 238 Å². The largest absolute Gasteiger partial charge is 0.392 e. The number of nitrogens with one attached hydrogen (secondary N) is 1. The molecule has 1 rings (SSSR count). The third-order valence-electron chi connectivity index (χ3n) is 13.5. The first kappa shape index (κ1) is 60.3. The molecule has 0 unspecified atom stereocenters. The Balaban J connectivity index is 2.22. The van der Waals surface area contributed by atoms with Gasteiger partial charge >= 0.3 is 0 Å². The van der Waals surface area contributed by atoms with E-state index in [9.17, 15) is 5.21 Å². The Bertz CT molecular complexity index is 1650. The number of allylic oxidation sites excluding steroid dienone is 19. The lowest BCUT2D eigenvalue weighted by Gasteiger charge is -2.50. The minimum atomic E-state index is -0.305. The van der Waals surface area contributed by atoms with Crippen molar-refractivity contribution in [3.63, 3.8) is 0 Å². The van der Waals surface area contributed by atoms with Crippen LogP contribution >= 0.6 is 0 Å². The number of rotatable bonds is 33. The van der Waals surface area contributed by atoms with Crippen LogP contribution in [0.4, 0.5) is 0 Å². The summed E-state index contributed by atoms with van der Waals surface area (Å²) in [5.74, 6) is 0. The lowest BCUT2D eigenvalue weighted by molar-refractivity contribution is -0.290. The summed E-state index contributed by atoms with van der Waals surface area (Å²) in [6.45, 7) is 32.2. The predicted molar refractivity (Wildman–Crippen MR) is 289 cm³/mol. The topological polar surface area (TPSA) is 55.4 Å². The molecule has 0 aromatic heterocycles. The van der Waals surface area contributed by atoms with Crippen LogP contribution < -0.4 is 5.32 Å². The van der Waals surface area contributed by atoms with E-state index in [1.807, 2.05) is 6.08 Å². The van der Waals surface area contributed by atoms with Crippen molar-refractivity contribution in [3.8, 4) is 0 Å². The first-order chi connectivity index (χ1) is 30.7. The van der Waals surface area contributed by atoms with Crippen LogP contribution in [0.25, 0.3) is 0 Å². The van der Waals surface area contributed by atoms with Gasteiger partial charge in [-0.2, -0.15) is 0 Å². The molecular formula is C61H103N2O2. The molecule has 1 heterocycles. The monoisotopic (exact) mass is 896 g/mol. The zero-order chi connectivity index (χ0) is 48.7. The molecule has 1 aliphatic heterocycles. The summed E-state index contributed by atoms with van der Waals surface area (Å²) < 4.78 is 0. The van der Waals surface area contributed by atoms with Gasteiger partial charge in [0.05, 0.1) is 6.61 Å². The Morgan fingerprint density at radius 3 is 0.862 bits per heavy atom. The summed E-state index contributed by atoms with van der Waals surface area (Å²) >= 11 is 0. The molecule has 0 spiro atoms. The van der Waals surface area contributed by atoms with Gasteiger partial charge in [-0.15, -0.1) is 10.3 Å². The highest BCUT2D eigenvalue weighted by Gasteiger charge is 2.45. The van der Waals surface area contributed by atoms with E-state index in [1.165, 1.54) is 60.8 Å². The summed E-state index contributed by atoms with van der Waals surface area (Å²) in [6, 6.07) is 0.419. The number of aliphatic hydroxyl groups excluding tert-OH is 1. The molecule has 0 aliphatic carbocycles. The molecule has 0 amide bonds. The molecule has 0 bridgehead atoms. The van der Waals surface area contributed by atoms with Crippen molar-refractivity contribution in [3.05, 3.63) is 116 Å². The van der Waals surface area contributed by atoms with E-state index in [2.05, 4.69) is 157 Å². The van der Waals surface area contributed by atoms with Gasteiger partial charge in [0.15, 0.2) is 0 Å². The molecule has 0 atom stereocenters. The molecule has 4 heteroatoms. The average Bonchev–Trinajstić information content (AvgIpc) is 3.21. The van der Waals surface area contributed by atoms with E-state index in [0.29, 0.717) is 6.04 Å². The first-order valence-electron chi connectivity index (χ1n) is 26.1. The summed E-state index contributed by atoms with van der Waals surface area (Å²) in [5, 5.41) is 26.7. The van der Waals surface area contributed by atoms with Crippen LogP contribution in [-0.4, -0.2) is 40.4 Å². The fraction of sp³-hybridized carbons (Fsp3) is 0.672. The minimum absolute atomic E-state index is 0.146. The van der Waals surface area contributed by atoms with E-state index in [0.717, 1.165) is 148 Å². The van der Waals surface area contributed by atoms with Crippen LogP contribution in [0.15, 0.2) is 116 Å². The lowest BCUT2D eigenvalue weighted by Crippen LogP contribution is -2.61. The highest BCUT2D eigenvalue weighted by atomic mass is 16.5. The predicted octanol–water partition coefficient (Wildman–Crippen LogP) is 18.2. The van der Waals surface area contributed by atoms with Crippen molar-refractivity contribution in [1.82, 2.24) is 10.4 Å². The molecule has 1 saturated heterocycles. The van der Waals surface area contributed by atoms with Gasteiger partial charge in [-0.3, -0.25) is 0 Å². The van der Waals surface area contributed by atoms with E-state index < -0.39 is 0 Å². The second kappa shape index (κ2) is 34.5. The maximum absolute atomic E-state index is 12.6. The maximum Gasteiger partial charge on any atom is 0.0614 e. The Morgan fingerprint density at radius 2 is 0.631 bits per heavy atom. The van der Waals surface area contributed by atoms with Gasteiger partial charge in [0, 0.05) is 17.1 Å². The normalized spacial score (nSPS) is 18.3. The summed E-state index contributed by atoms with van der Waals surface area (Å²) in [6.07, 6.45) is 48.4. The van der Waals surface area contributed by atoms with Crippen molar-refractivity contribution in [2.24, 2.45) is 0 Å². The maximum atomic E-state index is 12.6. The van der Waals surface area contributed by atoms with E-state index >= 15 is 0 Å². The van der Waals surface area contributed by atoms with Gasteiger partial charge in [-0.05, 0) is 245 Å². The quantitative estimate of drug-likeness (QED) is 0.0510. The van der Waals surface area contributed by atoms with Gasteiger partial charge in [0.25, 0.3) is 0 Å². The van der Waals surface area contributed by atoms with Crippen LogP contribution in [-0.2, 0) is 5.21 Å². The molecule has 369 valence electrons.